The fraction of sp³-hybridized carbons (Fsp3) is 0.100. The summed E-state index contributed by atoms with van der Waals surface area (Å²) in [5.41, 5.74) is 7.07. The number of pyridine rings is 1. The van der Waals surface area contributed by atoms with Crippen LogP contribution in [-0.2, 0) is 11.3 Å². The van der Waals surface area contributed by atoms with E-state index in [0.717, 1.165) is 16.3 Å². The number of hydrogen-bond donors (Lipinski definition) is 2. The van der Waals surface area contributed by atoms with Crippen LogP contribution in [0.5, 0.6) is 0 Å². The lowest BCUT2D eigenvalue weighted by molar-refractivity contribution is 0.542. The normalized spacial score (nSPS) is 12.6. The summed E-state index contributed by atoms with van der Waals surface area (Å²) >= 11 is -2.32. The van der Waals surface area contributed by atoms with Gasteiger partial charge in [-0.15, -0.1) is 0 Å². The Kier molecular flexibility index (Phi) is 2.76. The third-order valence-electron chi connectivity index (χ3n) is 2.33. The Labute approximate surface area is 95.1 Å². The monoisotopic (exact) mass is 236 g/mol. The average molecular weight is 236 g/mol. The Morgan fingerprint density at radius 3 is 2.94 bits per heavy atom. The first-order chi connectivity index (χ1) is 7.58. The van der Waals surface area contributed by atoms with E-state index in [0.29, 0.717) is 11.5 Å². The molecule has 16 heavy (non-hydrogen) atoms. The minimum atomic E-state index is -2.32. The third-order valence-corrected chi connectivity index (χ3v) is 2.72. The molecule has 0 aliphatic heterocycles. The zero-order chi connectivity index (χ0) is 11.7. The summed E-state index contributed by atoms with van der Waals surface area (Å²) in [4.78, 5) is 3.97. The van der Waals surface area contributed by atoms with Crippen molar-refractivity contribution in [3.8, 4) is 0 Å². The van der Waals surface area contributed by atoms with Gasteiger partial charge in [-0.05, 0) is 36.1 Å². The molecule has 1 atom stereocenters. The zero-order valence-electron chi connectivity index (χ0n) is 8.56. The Morgan fingerprint density at radius 2 is 2.25 bits per heavy atom. The van der Waals surface area contributed by atoms with Crippen LogP contribution in [0.2, 0.25) is 0 Å². The molecule has 3 N–H and O–H groups in total. The zero-order valence-corrected chi connectivity index (χ0v) is 9.38. The molecule has 1 aromatic carbocycles. The molecule has 2 rings (SSSR count). The van der Waals surface area contributed by atoms with E-state index >= 15 is 0 Å². The molecule has 0 saturated heterocycles. The van der Waals surface area contributed by atoms with Crippen LogP contribution in [0.1, 0.15) is 5.56 Å². The van der Waals surface area contributed by atoms with Crippen molar-refractivity contribution in [1.82, 2.24) is 4.98 Å². The van der Waals surface area contributed by atoms with Gasteiger partial charge in [-0.25, -0.2) is 4.98 Å². The number of hydrogen-bond acceptors (Lipinski definition) is 4. The summed E-state index contributed by atoms with van der Waals surface area (Å²) < 4.78 is 23.5. The van der Waals surface area contributed by atoms with Crippen molar-refractivity contribution in [3.63, 3.8) is 0 Å². The number of nitrogens with zero attached hydrogens (tertiary/aromatic N) is 1. The van der Waals surface area contributed by atoms with Crippen LogP contribution in [0.3, 0.4) is 0 Å². The molecule has 0 bridgehead atoms. The maximum absolute atomic E-state index is 10.6. The summed E-state index contributed by atoms with van der Waals surface area (Å²) in [6, 6.07) is 5.33. The van der Waals surface area contributed by atoms with Gasteiger partial charge in [0.2, 0.25) is 0 Å². The van der Waals surface area contributed by atoms with E-state index in [1.165, 1.54) is 0 Å². The van der Waals surface area contributed by atoms with Gasteiger partial charge in [-0.3, -0.25) is 4.21 Å². The Hall–Kier alpha value is -1.66. The molecule has 1 heterocycles. The largest absolute Gasteiger partial charge is 0.755 e. The van der Waals surface area contributed by atoms with Gasteiger partial charge in [0.1, 0.15) is 5.82 Å². The Morgan fingerprint density at radius 1 is 1.50 bits per heavy atom. The lowest BCUT2D eigenvalue weighted by Gasteiger charge is -2.13. The molecule has 0 spiro atoms. The second-order valence-electron chi connectivity index (χ2n) is 3.42. The van der Waals surface area contributed by atoms with E-state index in [4.69, 9.17) is 5.73 Å². The summed E-state index contributed by atoms with van der Waals surface area (Å²) in [5.74, 6) is 0.440. The van der Waals surface area contributed by atoms with Crippen molar-refractivity contribution in [1.29, 1.82) is 0 Å². The first kappa shape index (κ1) is 10.8. The SMILES string of the molecule is Cc1cc2c(N)nccc2cc1NS(=O)[O-]. The van der Waals surface area contributed by atoms with Crippen molar-refractivity contribution in [2.75, 3.05) is 10.5 Å². The molecule has 5 nitrogen and oxygen atoms in total. The van der Waals surface area contributed by atoms with E-state index in [1.807, 2.05) is 6.07 Å². The number of aryl methyl sites for hydroxylation is 1. The first-order valence-electron chi connectivity index (χ1n) is 4.58. The van der Waals surface area contributed by atoms with Crippen LogP contribution in [0.25, 0.3) is 10.8 Å². The Balaban J connectivity index is 2.63. The van der Waals surface area contributed by atoms with Gasteiger partial charge in [0, 0.05) is 28.5 Å². The highest BCUT2D eigenvalue weighted by Gasteiger charge is 2.04. The van der Waals surface area contributed by atoms with Gasteiger partial charge < -0.3 is 15.0 Å². The predicted molar refractivity (Wildman–Crippen MR) is 63.4 cm³/mol. The number of aromatic nitrogens is 1. The number of benzene rings is 1. The molecular weight excluding hydrogens is 226 g/mol. The summed E-state index contributed by atoms with van der Waals surface area (Å²) in [6.45, 7) is 1.81. The molecule has 0 fully saturated rings. The minimum absolute atomic E-state index is 0.440. The molecule has 6 heteroatoms. The van der Waals surface area contributed by atoms with Gasteiger partial charge in [0.25, 0.3) is 0 Å². The molecule has 0 radical (unpaired) electrons. The number of nitrogens with one attached hydrogen (secondary N) is 1. The standard InChI is InChI=1S/C10H11N3O2S/c1-6-4-8-7(2-3-12-10(8)11)5-9(6)13-16(14)15/h2-5,13H,1H3,(H2,11,12)(H,14,15)/p-1. The van der Waals surface area contributed by atoms with Crippen molar-refractivity contribution in [2.45, 2.75) is 6.92 Å². The van der Waals surface area contributed by atoms with Gasteiger partial charge in [-0.1, -0.05) is 0 Å². The number of nitrogen functional groups attached to an aromatic ring is 1. The number of rotatable bonds is 2. The van der Waals surface area contributed by atoms with Crippen LogP contribution >= 0.6 is 0 Å². The molecule has 0 aliphatic rings. The molecular formula is C10H10N3O2S-. The molecule has 0 aliphatic carbocycles. The first-order valence-corrected chi connectivity index (χ1v) is 5.66. The Bertz CT molecular complexity index is 571. The highest BCUT2D eigenvalue weighted by atomic mass is 32.2. The van der Waals surface area contributed by atoms with Crippen molar-refractivity contribution >= 4 is 33.5 Å². The van der Waals surface area contributed by atoms with Crippen LogP contribution in [0.4, 0.5) is 11.5 Å². The lowest BCUT2D eigenvalue weighted by atomic mass is 10.1. The summed E-state index contributed by atoms with van der Waals surface area (Å²) in [6.07, 6.45) is 1.59. The van der Waals surface area contributed by atoms with Crippen molar-refractivity contribution in [3.05, 3.63) is 30.0 Å². The maximum Gasteiger partial charge on any atom is 0.131 e. The molecule has 1 unspecified atom stereocenters. The quantitative estimate of drug-likeness (QED) is 0.769. The fourth-order valence-electron chi connectivity index (χ4n) is 1.55. The topological polar surface area (TPSA) is 91.1 Å². The number of anilines is 2. The highest BCUT2D eigenvalue weighted by molar-refractivity contribution is 7.80. The van der Waals surface area contributed by atoms with Gasteiger partial charge in [0.15, 0.2) is 0 Å². The molecule has 2 aromatic rings. The van der Waals surface area contributed by atoms with Crippen LogP contribution in [-0.4, -0.2) is 13.7 Å². The number of nitrogens with two attached hydrogens (primary N) is 1. The van der Waals surface area contributed by atoms with Crippen molar-refractivity contribution < 1.29 is 8.76 Å². The predicted octanol–water partition coefficient (Wildman–Crippen LogP) is 1.33. The van der Waals surface area contributed by atoms with E-state index < -0.39 is 11.3 Å². The van der Waals surface area contributed by atoms with Gasteiger partial charge in [0.05, 0.1) is 0 Å². The third kappa shape index (κ3) is 1.98. The van der Waals surface area contributed by atoms with Crippen molar-refractivity contribution in [2.24, 2.45) is 0 Å². The second-order valence-corrected chi connectivity index (χ2v) is 4.09. The maximum atomic E-state index is 10.6. The van der Waals surface area contributed by atoms with E-state index in [2.05, 4.69) is 9.71 Å². The van der Waals surface area contributed by atoms with Crippen LogP contribution in [0, 0.1) is 6.92 Å². The fourth-order valence-corrected chi connectivity index (χ4v) is 1.95. The average Bonchev–Trinajstić information content (AvgIpc) is 2.20. The van der Waals surface area contributed by atoms with E-state index in [1.54, 1.807) is 25.3 Å². The number of fused-ring (bicyclic) bond motifs is 1. The van der Waals surface area contributed by atoms with Gasteiger partial charge >= 0.3 is 0 Å². The molecule has 0 amide bonds. The van der Waals surface area contributed by atoms with E-state index in [-0.39, 0.29) is 0 Å². The molecule has 1 aromatic heterocycles. The minimum Gasteiger partial charge on any atom is -0.755 e. The van der Waals surface area contributed by atoms with E-state index in [9.17, 15) is 8.76 Å². The van der Waals surface area contributed by atoms with Gasteiger partial charge in [-0.2, -0.15) is 0 Å². The smallest absolute Gasteiger partial charge is 0.131 e. The van der Waals surface area contributed by atoms with Crippen LogP contribution in [0.15, 0.2) is 24.4 Å². The summed E-state index contributed by atoms with van der Waals surface area (Å²) in [7, 11) is 0. The summed E-state index contributed by atoms with van der Waals surface area (Å²) in [5, 5.41) is 1.67. The van der Waals surface area contributed by atoms with Crippen LogP contribution < -0.4 is 10.5 Å². The second kappa shape index (κ2) is 4.07. The molecule has 0 saturated carbocycles. The molecule has 84 valence electrons. The lowest BCUT2D eigenvalue weighted by Crippen LogP contribution is -2.04. The highest BCUT2D eigenvalue weighted by Crippen LogP contribution is 2.26.